The van der Waals surface area contributed by atoms with E-state index in [9.17, 15) is 18.0 Å². The van der Waals surface area contributed by atoms with Crippen LogP contribution in [-0.4, -0.2) is 11.9 Å². The Kier molecular flexibility index (Phi) is 5.93. The molecule has 0 fully saturated rings. The minimum Gasteiger partial charge on any atom is -0.326 e. The molecule has 0 saturated carbocycles. The molecular formula is C20H18F3N2OS+. The molecule has 0 spiro atoms. The van der Waals surface area contributed by atoms with Crippen molar-refractivity contribution in [1.82, 2.24) is 0 Å². The summed E-state index contributed by atoms with van der Waals surface area (Å²) in [5.41, 5.74) is 0.644. The molecule has 7 heteroatoms. The molecule has 0 aliphatic rings. The number of benzene rings is 2. The third-order valence-corrected chi connectivity index (χ3v) is 5.15. The summed E-state index contributed by atoms with van der Waals surface area (Å²) in [6.45, 7) is 1.68. The highest BCUT2D eigenvalue weighted by atomic mass is 32.1. The van der Waals surface area contributed by atoms with E-state index < -0.39 is 29.4 Å². The molecule has 2 atom stereocenters. The fourth-order valence-electron chi connectivity index (χ4n) is 2.74. The average molecular weight is 391 g/mol. The van der Waals surface area contributed by atoms with Crippen LogP contribution in [0.2, 0.25) is 0 Å². The first-order valence-corrected chi connectivity index (χ1v) is 9.23. The van der Waals surface area contributed by atoms with Gasteiger partial charge in [-0.05, 0) is 30.5 Å². The predicted molar refractivity (Wildman–Crippen MR) is 98.9 cm³/mol. The summed E-state index contributed by atoms with van der Waals surface area (Å²) in [6, 6.07) is 14.7. The van der Waals surface area contributed by atoms with E-state index in [0.29, 0.717) is 0 Å². The van der Waals surface area contributed by atoms with Crippen molar-refractivity contribution in [3.63, 3.8) is 0 Å². The summed E-state index contributed by atoms with van der Waals surface area (Å²) in [5.74, 6) is -4.82. The number of carbonyl (C=O) groups is 1. The minimum atomic E-state index is -1.61. The van der Waals surface area contributed by atoms with Crippen LogP contribution in [0.3, 0.4) is 0 Å². The number of quaternary nitrogens is 1. The number of halogens is 3. The number of hydrogen-bond donors (Lipinski definition) is 2. The van der Waals surface area contributed by atoms with Crippen LogP contribution in [0.5, 0.6) is 0 Å². The van der Waals surface area contributed by atoms with Crippen molar-refractivity contribution in [2.45, 2.75) is 19.0 Å². The Morgan fingerprint density at radius 1 is 1.00 bits per heavy atom. The van der Waals surface area contributed by atoms with E-state index in [4.69, 9.17) is 0 Å². The number of carbonyl (C=O) groups excluding carboxylic acids is 1. The molecule has 0 aliphatic carbocycles. The summed E-state index contributed by atoms with van der Waals surface area (Å²) in [4.78, 5) is 13.5. The van der Waals surface area contributed by atoms with Gasteiger partial charge in [-0.1, -0.05) is 36.4 Å². The quantitative estimate of drug-likeness (QED) is 0.616. The molecule has 0 unspecified atom stereocenters. The molecule has 27 heavy (non-hydrogen) atoms. The largest absolute Gasteiger partial charge is 0.326 e. The topological polar surface area (TPSA) is 45.7 Å². The Balaban J connectivity index is 1.77. The van der Waals surface area contributed by atoms with Crippen molar-refractivity contribution in [1.29, 1.82) is 0 Å². The van der Waals surface area contributed by atoms with Crippen molar-refractivity contribution in [2.75, 3.05) is 5.32 Å². The molecule has 140 valence electrons. The van der Waals surface area contributed by atoms with E-state index >= 15 is 0 Å². The number of anilines is 1. The van der Waals surface area contributed by atoms with Gasteiger partial charge in [0.1, 0.15) is 6.04 Å². The maximum atomic E-state index is 13.8. The van der Waals surface area contributed by atoms with E-state index in [1.807, 2.05) is 53.2 Å². The van der Waals surface area contributed by atoms with Crippen LogP contribution in [-0.2, 0) is 4.79 Å². The van der Waals surface area contributed by atoms with Gasteiger partial charge in [0.25, 0.3) is 5.91 Å². The Hall–Kier alpha value is -2.64. The van der Waals surface area contributed by atoms with Crippen LogP contribution in [0.4, 0.5) is 18.9 Å². The number of hydrogen-bond acceptors (Lipinski definition) is 2. The second-order valence-corrected chi connectivity index (χ2v) is 7.08. The van der Waals surface area contributed by atoms with Gasteiger partial charge in [0.2, 0.25) is 0 Å². The highest BCUT2D eigenvalue weighted by Crippen LogP contribution is 2.23. The summed E-state index contributed by atoms with van der Waals surface area (Å²) in [6.07, 6.45) is 0. The lowest BCUT2D eigenvalue weighted by atomic mass is 10.0. The first kappa shape index (κ1) is 19.1. The van der Waals surface area contributed by atoms with E-state index in [1.165, 1.54) is 0 Å². The highest BCUT2D eigenvalue weighted by Gasteiger charge is 2.26. The van der Waals surface area contributed by atoms with E-state index in [2.05, 4.69) is 5.32 Å². The van der Waals surface area contributed by atoms with Crippen LogP contribution < -0.4 is 10.6 Å². The van der Waals surface area contributed by atoms with Gasteiger partial charge in [0, 0.05) is 5.56 Å². The summed E-state index contributed by atoms with van der Waals surface area (Å²) >= 11 is 1.58. The summed E-state index contributed by atoms with van der Waals surface area (Å²) in [5, 5.41) is 6.15. The molecule has 1 aromatic heterocycles. The Bertz CT molecular complexity index is 916. The summed E-state index contributed by atoms with van der Waals surface area (Å²) in [7, 11) is 0. The van der Waals surface area contributed by atoms with Gasteiger partial charge in [0.05, 0.1) is 10.6 Å². The molecular weight excluding hydrogens is 373 g/mol. The van der Waals surface area contributed by atoms with Crippen LogP contribution >= 0.6 is 11.3 Å². The van der Waals surface area contributed by atoms with Gasteiger partial charge in [0.15, 0.2) is 23.5 Å². The van der Waals surface area contributed by atoms with Crippen molar-refractivity contribution < 1.29 is 23.3 Å². The van der Waals surface area contributed by atoms with Crippen LogP contribution in [0.1, 0.15) is 23.4 Å². The SMILES string of the molecule is C[C@H]([NH2+][C@H](c1ccccc1)c1cccs1)C(=O)Nc1ccc(F)c(F)c1F. The van der Waals surface area contributed by atoms with Gasteiger partial charge in [-0.25, -0.2) is 13.2 Å². The number of thiophene rings is 1. The molecule has 1 heterocycles. The van der Waals surface area contributed by atoms with Crippen molar-refractivity contribution in [3.05, 3.63) is 87.9 Å². The molecule has 2 aromatic carbocycles. The van der Waals surface area contributed by atoms with Crippen molar-refractivity contribution >= 4 is 22.9 Å². The monoisotopic (exact) mass is 391 g/mol. The van der Waals surface area contributed by atoms with Crippen LogP contribution in [0.15, 0.2) is 60.0 Å². The number of rotatable bonds is 6. The van der Waals surface area contributed by atoms with E-state index in [0.717, 1.165) is 22.6 Å². The Morgan fingerprint density at radius 3 is 2.41 bits per heavy atom. The number of amides is 1. The standard InChI is InChI=1S/C20H17F3N2OS/c1-12(20(26)25-15-10-9-14(21)17(22)18(15)23)24-19(16-8-5-11-27-16)13-6-3-2-4-7-13/h2-12,19,24H,1H3,(H,25,26)/p+1/t12-,19+/m0/s1. The first-order valence-electron chi connectivity index (χ1n) is 8.35. The molecule has 0 radical (unpaired) electrons. The molecule has 3 rings (SSSR count). The lowest BCUT2D eigenvalue weighted by Crippen LogP contribution is -2.92. The minimum absolute atomic E-state index is 0.109. The fourth-order valence-corrected chi connectivity index (χ4v) is 3.58. The zero-order valence-corrected chi connectivity index (χ0v) is 15.3. The molecule has 0 aliphatic heterocycles. The van der Waals surface area contributed by atoms with E-state index in [1.54, 1.807) is 18.3 Å². The second kappa shape index (κ2) is 8.37. The van der Waals surface area contributed by atoms with Crippen molar-refractivity contribution in [3.8, 4) is 0 Å². The number of nitrogens with one attached hydrogen (secondary N) is 1. The summed E-state index contributed by atoms with van der Waals surface area (Å²) < 4.78 is 40.2. The van der Waals surface area contributed by atoms with Gasteiger partial charge in [-0.2, -0.15) is 0 Å². The predicted octanol–water partition coefficient (Wildman–Crippen LogP) is 3.85. The van der Waals surface area contributed by atoms with Crippen LogP contribution in [0.25, 0.3) is 0 Å². The maximum Gasteiger partial charge on any atom is 0.282 e. The average Bonchev–Trinajstić information content (AvgIpc) is 3.21. The lowest BCUT2D eigenvalue weighted by molar-refractivity contribution is -0.703. The van der Waals surface area contributed by atoms with Crippen LogP contribution in [0, 0.1) is 17.5 Å². The second-order valence-electron chi connectivity index (χ2n) is 6.10. The zero-order valence-electron chi connectivity index (χ0n) is 14.5. The normalized spacial score (nSPS) is 13.2. The van der Waals surface area contributed by atoms with Gasteiger partial charge in [-0.15, -0.1) is 11.3 Å². The van der Waals surface area contributed by atoms with Gasteiger partial charge >= 0.3 is 0 Å². The smallest absolute Gasteiger partial charge is 0.282 e. The third-order valence-electron chi connectivity index (χ3n) is 4.20. The molecule has 1 amide bonds. The lowest BCUT2D eigenvalue weighted by Gasteiger charge is -2.19. The molecule has 0 bridgehead atoms. The third kappa shape index (κ3) is 4.37. The van der Waals surface area contributed by atoms with Crippen molar-refractivity contribution in [2.24, 2.45) is 0 Å². The molecule has 0 saturated heterocycles. The maximum absolute atomic E-state index is 13.8. The Morgan fingerprint density at radius 2 is 1.74 bits per heavy atom. The molecule has 3 N–H and O–H groups in total. The van der Waals surface area contributed by atoms with Gasteiger partial charge in [-0.3, -0.25) is 4.79 Å². The fraction of sp³-hybridized carbons (Fsp3) is 0.150. The van der Waals surface area contributed by atoms with E-state index in [-0.39, 0.29) is 11.7 Å². The van der Waals surface area contributed by atoms with Gasteiger partial charge < -0.3 is 10.6 Å². The first-order chi connectivity index (χ1) is 13.0. The molecule has 3 aromatic rings. The molecule has 3 nitrogen and oxygen atoms in total. The Labute approximate surface area is 158 Å². The zero-order chi connectivity index (χ0) is 19.4. The highest BCUT2D eigenvalue weighted by molar-refractivity contribution is 7.10. The number of nitrogens with two attached hydrogens (primary N) is 1.